The number of aliphatic carboxylic acids is 1. The van der Waals surface area contributed by atoms with Crippen LogP contribution in [0.1, 0.15) is 34.1 Å². The van der Waals surface area contributed by atoms with E-state index in [-0.39, 0.29) is 23.8 Å². The van der Waals surface area contributed by atoms with Crippen molar-refractivity contribution in [1.82, 2.24) is 9.80 Å². The molecule has 1 heterocycles. The van der Waals surface area contributed by atoms with E-state index in [0.717, 1.165) is 0 Å². The molecule has 7 heteroatoms. The van der Waals surface area contributed by atoms with Gasteiger partial charge in [0.05, 0.1) is 11.8 Å². The molecule has 0 aromatic carbocycles. The van der Waals surface area contributed by atoms with E-state index in [0.29, 0.717) is 18.1 Å². The summed E-state index contributed by atoms with van der Waals surface area (Å²) in [4.78, 5) is 38.8. The van der Waals surface area contributed by atoms with Gasteiger partial charge in [0.25, 0.3) is 0 Å². The van der Waals surface area contributed by atoms with E-state index < -0.39 is 17.9 Å². The zero-order valence-corrected chi connectivity index (χ0v) is 14.8. The smallest absolute Gasteiger partial charge is 0.308 e. The number of amides is 2. The van der Waals surface area contributed by atoms with Gasteiger partial charge in [-0.25, -0.2) is 0 Å². The van der Waals surface area contributed by atoms with Gasteiger partial charge in [-0.15, -0.1) is 11.8 Å². The van der Waals surface area contributed by atoms with Crippen LogP contribution in [-0.4, -0.2) is 64.0 Å². The fourth-order valence-corrected chi connectivity index (χ4v) is 3.45. The number of hydrogen-bond acceptors (Lipinski definition) is 4. The molecule has 0 saturated carbocycles. The Morgan fingerprint density at radius 1 is 1.36 bits per heavy atom. The van der Waals surface area contributed by atoms with Crippen LogP contribution in [0.2, 0.25) is 0 Å². The summed E-state index contributed by atoms with van der Waals surface area (Å²) in [5, 5.41) is 8.94. The largest absolute Gasteiger partial charge is 0.481 e. The monoisotopic (exact) mass is 330 g/mol. The second-order valence-electron chi connectivity index (χ2n) is 7.07. The lowest BCUT2D eigenvalue weighted by Gasteiger charge is -2.30. The maximum Gasteiger partial charge on any atom is 0.308 e. The Kier molecular flexibility index (Phi) is 6.28. The molecule has 2 unspecified atom stereocenters. The van der Waals surface area contributed by atoms with Crippen molar-refractivity contribution in [3.63, 3.8) is 0 Å². The fourth-order valence-electron chi connectivity index (χ4n) is 2.28. The first-order valence-electron chi connectivity index (χ1n) is 7.38. The molecule has 1 rings (SSSR count). The third-order valence-corrected chi connectivity index (χ3v) is 4.53. The van der Waals surface area contributed by atoms with E-state index in [9.17, 15) is 14.4 Å². The van der Waals surface area contributed by atoms with Crippen LogP contribution in [0.15, 0.2) is 0 Å². The molecule has 126 valence electrons. The van der Waals surface area contributed by atoms with Gasteiger partial charge in [-0.05, 0) is 5.41 Å². The molecule has 1 aliphatic heterocycles. The van der Waals surface area contributed by atoms with E-state index in [4.69, 9.17) is 5.11 Å². The molecule has 0 bridgehead atoms. The minimum Gasteiger partial charge on any atom is -0.481 e. The van der Waals surface area contributed by atoms with Crippen molar-refractivity contribution in [3.05, 3.63) is 0 Å². The molecule has 1 saturated heterocycles. The molecule has 1 aliphatic rings. The SMILES string of the molecule is CC(CN(C)C(=O)C1CSCN1C(=O)CC(C)(C)C)C(=O)O. The lowest BCUT2D eigenvalue weighted by Crippen LogP contribution is -2.49. The summed E-state index contributed by atoms with van der Waals surface area (Å²) in [6, 6.07) is -0.481. The van der Waals surface area contributed by atoms with E-state index >= 15 is 0 Å². The van der Waals surface area contributed by atoms with Gasteiger partial charge in [-0.2, -0.15) is 0 Å². The molecule has 1 fully saturated rings. The van der Waals surface area contributed by atoms with Crippen LogP contribution in [0.25, 0.3) is 0 Å². The number of carboxylic acid groups (broad SMARTS) is 1. The van der Waals surface area contributed by atoms with Crippen LogP contribution >= 0.6 is 11.8 Å². The van der Waals surface area contributed by atoms with Gasteiger partial charge in [0.15, 0.2) is 0 Å². The summed E-state index contributed by atoms with van der Waals surface area (Å²) in [6.07, 6.45) is 0.395. The molecule has 0 aromatic rings. The number of hydrogen-bond donors (Lipinski definition) is 1. The highest BCUT2D eigenvalue weighted by atomic mass is 32.2. The average molecular weight is 330 g/mol. The van der Waals surface area contributed by atoms with Gasteiger partial charge in [0.2, 0.25) is 11.8 Å². The lowest BCUT2D eigenvalue weighted by atomic mass is 9.91. The van der Waals surface area contributed by atoms with Gasteiger partial charge in [-0.1, -0.05) is 27.7 Å². The van der Waals surface area contributed by atoms with Crippen LogP contribution in [0.3, 0.4) is 0 Å². The Balaban J connectivity index is 2.71. The molecule has 2 amide bonds. The first kappa shape index (κ1) is 18.8. The van der Waals surface area contributed by atoms with Crippen LogP contribution in [-0.2, 0) is 14.4 Å². The summed E-state index contributed by atoms with van der Waals surface area (Å²) >= 11 is 1.56. The third-order valence-electron chi connectivity index (χ3n) is 3.51. The predicted molar refractivity (Wildman–Crippen MR) is 86.5 cm³/mol. The van der Waals surface area contributed by atoms with Crippen LogP contribution < -0.4 is 0 Å². The molecule has 22 heavy (non-hydrogen) atoms. The van der Waals surface area contributed by atoms with Gasteiger partial charge in [-0.3, -0.25) is 14.4 Å². The van der Waals surface area contributed by atoms with Gasteiger partial charge < -0.3 is 14.9 Å². The Hall–Kier alpha value is -1.24. The zero-order valence-electron chi connectivity index (χ0n) is 14.0. The normalized spacial score (nSPS) is 19.9. The summed E-state index contributed by atoms with van der Waals surface area (Å²) < 4.78 is 0. The van der Waals surface area contributed by atoms with Crippen molar-refractivity contribution in [2.45, 2.75) is 40.2 Å². The molecule has 2 atom stereocenters. The van der Waals surface area contributed by atoms with Crippen molar-refractivity contribution >= 4 is 29.5 Å². The summed E-state index contributed by atoms with van der Waals surface area (Å²) in [5.74, 6) is -0.660. The lowest BCUT2D eigenvalue weighted by molar-refractivity contribution is -0.146. The van der Waals surface area contributed by atoms with Crippen LogP contribution in [0, 0.1) is 11.3 Å². The van der Waals surface area contributed by atoms with Crippen molar-refractivity contribution in [2.24, 2.45) is 11.3 Å². The second-order valence-corrected chi connectivity index (χ2v) is 8.07. The van der Waals surface area contributed by atoms with Crippen LogP contribution in [0.4, 0.5) is 0 Å². The molecule has 0 spiro atoms. The summed E-state index contributed by atoms with van der Waals surface area (Å²) in [7, 11) is 1.59. The van der Waals surface area contributed by atoms with Crippen molar-refractivity contribution in [2.75, 3.05) is 25.2 Å². The van der Waals surface area contributed by atoms with E-state index in [1.165, 1.54) is 4.90 Å². The molecule has 0 radical (unpaired) electrons. The minimum atomic E-state index is -0.930. The number of carbonyl (C=O) groups is 3. The van der Waals surface area contributed by atoms with E-state index in [1.807, 2.05) is 20.8 Å². The number of carbonyl (C=O) groups excluding carboxylic acids is 2. The highest BCUT2D eigenvalue weighted by Gasteiger charge is 2.37. The number of nitrogens with zero attached hydrogens (tertiary/aromatic N) is 2. The highest BCUT2D eigenvalue weighted by molar-refractivity contribution is 7.99. The third kappa shape index (κ3) is 5.19. The second kappa shape index (κ2) is 7.35. The molecular formula is C15H26N2O4S. The quantitative estimate of drug-likeness (QED) is 0.826. The summed E-state index contributed by atoms with van der Waals surface area (Å²) in [5.41, 5.74) is -0.123. The Morgan fingerprint density at radius 3 is 2.45 bits per heavy atom. The first-order chi connectivity index (χ1) is 10.0. The van der Waals surface area contributed by atoms with Crippen LogP contribution in [0.5, 0.6) is 0 Å². The first-order valence-corrected chi connectivity index (χ1v) is 8.53. The number of thioether (sulfide) groups is 1. The Bertz CT molecular complexity index is 447. The topological polar surface area (TPSA) is 77.9 Å². The van der Waals surface area contributed by atoms with Gasteiger partial charge >= 0.3 is 5.97 Å². The maximum absolute atomic E-state index is 12.5. The number of likely N-dealkylation sites (N-methyl/N-ethyl adjacent to an activating group) is 1. The molecule has 6 nitrogen and oxygen atoms in total. The van der Waals surface area contributed by atoms with Crippen molar-refractivity contribution in [3.8, 4) is 0 Å². The summed E-state index contributed by atoms with van der Waals surface area (Å²) in [6.45, 7) is 7.69. The number of carboxylic acids is 1. The minimum absolute atomic E-state index is 0.0180. The van der Waals surface area contributed by atoms with Gasteiger partial charge in [0, 0.05) is 25.8 Å². The maximum atomic E-state index is 12.5. The fraction of sp³-hybridized carbons (Fsp3) is 0.800. The van der Waals surface area contributed by atoms with Gasteiger partial charge in [0.1, 0.15) is 6.04 Å². The van der Waals surface area contributed by atoms with Crippen molar-refractivity contribution < 1.29 is 19.5 Å². The average Bonchev–Trinajstić information content (AvgIpc) is 2.84. The molecule has 0 aliphatic carbocycles. The molecule has 0 aromatic heterocycles. The Labute approximate surface area is 136 Å². The standard InChI is InChI=1S/C15H26N2O4S/c1-10(14(20)21)7-16(5)13(19)11-8-22-9-17(11)12(18)6-15(2,3)4/h10-11H,6-9H2,1-5H3,(H,20,21). The number of rotatable bonds is 5. The zero-order chi connectivity index (χ0) is 17.1. The predicted octanol–water partition coefficient (Wildman–Crippen LogP) is 1.50. The van der Waals surface area contributed by atoms with E-state index in [1.54, 1.807) is 30.6 Å². The van der Waals surface area contributed by atoms with Crippen molar-refractivity contribution in [1.29, 1.82) is 0 Å². The molecule has 1 N–H and O–H groups in total. The highest BCUT2D eigenvalue weighted by Crippen LogP contribution is 2.27. The Morgan fingerprint density at radius 2 is 1.95 bits per heavy atom. The molecular weight excluding hydrogens is 304 g/mol. The van der Waals surface area contributed by atoms with E-state index in [2.05, 4.69) is 0 Å².